The smallest absolute Gasteiger partial charge is 0.339 e. The lowest BCUT2D eigenvalue weighted by atomic mass is 10.0. The van der Waals surface area contributed by atoms with Crippen molar-refractivity contribution in [1.29, 1.82) is 0 Å². The molecule has 5 rings (SSSR count). The highest BCUT2D eigenvalue weighted by atomic mass is 16.5. The maximum Gasteiger partial charge on any atom is 0.339 e. The zero-order valence-corrected chi connectivity index (χ0v) is 18.5. The highest BCUT2D eigenvalue weighted by molar-refractivity contribution is 6.06. The third-order valence-corrected chi connectivity index (χ3v) is 5.73. The number of Topliss-reactive ketones (excluding diaryl/α,β-unsaturated/α-hetero) is 1. The maximum atomic E-state index is 13.1. The van der Waals surface area contributed by atoms with Gasteiger partial charge >= 0.3 is 5.97 Å². The fourth-order valence-corrected chi connectivity index (χ4v) is 3.91. The van der Waals surface area contributed by atoms with Crippen LogP contribution in [0.25, 0.3) is 32.9 Å². The summed E-state index contributed by atoms with van der Waals surface area (Å²) >= 11 is 0. The first-order valence-electron chi connectivity index (χ1n) is 10.9. The normalized spacial score (nSPS) is 10.9. The van der Waals surface area contributed by atoms with Crippen LogP contribution in [0.3, 0.4) is 0 Å². The fourth-order valence-electron chi connectivity index (χ4n) is 3.91. The van der Waals surface area contributed by atoms with E-state index in [-0.39, 0.29) is 12.4 Å². The molecule has 4 aromatic carbocycles. The topological polar surface area (TPSA) is 65.5 Å². The van der Waals surface area contributed by atoms with Gasteiger partial charge < -0.3 is 9.47 Å². The average Bonchev–Trinajstić information content (AvgIpc) is 2.90. The first-order valence-corrected chi connectivity index (χ1v) is 10.9. The number of methoxy groups -OCH3 is 1. The quantitative estimate of drug-likeness (QED) is 0.232. The van der Waals surface area contributed by atoms with E-state index in [2.05, 4.69) is 0 Å². The Hall–Kier alpha value is -4.51. The molecule has 5 aromatic rings. The van der Waals surface area contributed by atoms with Crippen molar-refractivity contribution in [3.63, 3.8) is 0 Å². The van der Waals surface area contributed by atoms with Crippen LogP contribution in [-0.4, -0.2) is 30.5 Å². The Bertz CT molecular complexity index is 1520. The monoisotopic (exact) mass is 447 g/mol. The summed E-state index contributed by atoms with van der Waals surface area (Å²) in [6.45, 7) is -0.342. The number of benzene rings is 4. The second-order valence-electron chi connectivity index (χ2n) is 7.86. The molecule has 5 heteroatoms. The third kappa shape index (κ3) is 4.24. The predicted octanol–water partition coefficient (Wildman–Crippen LogP) is 6.10. The Morgan fingerprint density at radius 3 is 2.32 bits per heavy atom. The van der Waals surface area contributed by atoms with Gasteiger partial charge in [0, 0.05) is 16.5 Å². The number of hydrogen-bond donors (Lipinski definition) is 0. The van der Waals surface area contributed by atoms with E-state index in [1.54, 1.807) is 19.2 Å². The Kier molecular flexibility index (Phi) is 5.75. The summed E-state index contributed by atoms with van der Waals surface area (Å²) in [4.78, 5) is 30.5. The van der Waals surface area contributed by atoms with Crippen LogP contribution in [0.15, 0.2) is 97.1 Å². The fraction of sp³-hybridized carbons (Fsp3) is 0.0690. The van der Waals surface area contributed by atoms with E-state index >= 15 is 0 Å². The molecule has 0 aliphatic rings. The summed E-state index contributed by atoms with van der Waals surface area (Å²) in [7, 11) is 1.61. The largest absolute Gasteiger partial charge is 0.497 e. The number of fused-ring (bicyclic) bond motifs is 2. The molecule has 0 saturated heterocycles. The van der Waals surface area contributed by atoms with Crippen molar-refractivity contribution >= 4 is 33.4 Å². The van der Waals surface area contributed by atoms with Gasteiger partial charge in [-0.15, -0.1) is 0 Å². The van der Waals surface area contributed by atoms with Crippen molar-refractivity contribution in [3.8, 4) is 17.0 Å². The molecule has 0 aliphatic carbocycles. The number of ether oxygens (including phenoxy) is 2. The number of ketones is 1. The second kappa shape index (κ2) is 9.16. The Morgan fingerprint density at radius 2 is 1.53 bits per heavy atom. The number of carbonyl (C=O) groups is 2. The summed E-state index contributed by atoms with van der Waals surface area (Å²) < 4.78 is 10.7. The molecule has 0 unspecified atom stereocenters. The van der Waals surface area contributed by atoms with Gasteiger partial charge in [0.25, 0.3) is 0 Å². The van der Waals surface area contributed by atoms with Crippen LogP contribution < -0.4 is 4.74 Å². The first-order chi connectivity index (χ1) is 16.6. The van der Waals surface area contributed by atoms with E-state index in [4.69, 9.17) is 14.5 Å². The summed E-state index contributed by atoms with van der Waals surface area (Å²) in [5, 5.41) is 2.68. The predicted molar refractivity (Wildman–Crippen MR) is 132 cm³/mol. The van der Waals surface area contributed by atoms with E-state index in [1.165, 1.54) is 0 Å². The highest BCUT2D eigenvalue weighted by Crippen LogP contribution is 2.27. The number of para-hydroxylation sites is 1. The lowest BCUT2D eigenvalue weighted by molar-refractivity contribution is 0.0477. The van der Waals surface area contributed by atoms with Gasteiger partial charge in [-0.1, -0.05) is 54.6 Å². The van der Waals surface area contributed by atoms with Gasteiger partial charge in [-0.25, -0.2) is 9.78 Å². The van der Waals surface area contributed by atoms with Crippen LogP contribution in [-0.2, 0) is 4.74 Å². The molecule has 34 heavy (non-hydrogen) atoms. The summed E-state index contributed by atoms with van der Waals surface area (Å²) in [5.74, 6) is -0.0910. The van der Waals surface area contributed by atoms with Gasteiger partial charge in [0.05, 0.1) is 23.9 Å². The third-order valence-electron chi connectivity index (χ3n) is 5.73. The molecule has 1 heterocycles. The van der Waals surface area contributed by atoms with Crippen LogP contribution in [0.2, 0.25) is 0 Å². The van der Waals surface area contributed by atoms with Crippen molar-refractivity contribution in [2.24, 2.45) is 0 Å². The van der Waals surface area contributed by atoms with E-state index < -0.39 is 5.97 Å². The van der Waals surface area contributed by atoms with E-state index in [1.807, 2.05) is 84.9 Å². The van der Waals surface area contributed by atoms with Crippen LogP contribution in [0.4, 0.5) is 0 Å². The molecule has 0 fully saturated rings. The van der Waals surface area contributed by atoms with Crippen molar-refractivity contribution < 1.29 is 19.1 Å². The molecule has 0 bridgehead atoms. The summed E-state index contributed by atoms with van der Waals surface area (Å²) in [6.07, 6.45) is 0. The molecule has 0 atom stereocenters. The summed E-state index contributed by atoms with van der Waals surface area (Å²) in [5.41, 5.74) is 3.01. The van der Waals surface area contributed by atoms with Crippen LogP contribution >= 0.6 is 0 Å². The lowest BCUT2D eigenvalue weighted by Crippen LogP contribution is -2.15. The molecule has 0 amide bonds. The molecule has 0 saturated carbocycles. The average molecular weight is 447 g/mol. The summed E-state index contributed by atoms with van der Waals surface area (Å²) in [6, 6.07) is 29.8. The Balaban J connectivity index is 1.41. The molecule has 1 aromatic heterocycles. The van der Waals surface area contributed by atoms with Gasteiger partial charge in [0.15, 0.2) is 12.4 Å². The van der Waals surface area contributed by atoms with Crippen LogP contribution in [0, 0.1) is 0 Å². The minimum atomic E-state index is -0.567. The molecular weight excluding hydrogens is 426 g/mol. The van der Waals surface area contributed by atoms with Gasteiger partial charge in [-0.05, 0) is 53.2 Å². The number of esters is 1. The lowest BCUT2D eigenvalue weighted by Gasteiger charge is -2.10. The number of nitrogens with zero attached hydrogens (tertiary/aromatic N) is 1. The number of rotatable bonds is 6. The Morgan fingerprint density at radius 1 is 0.794 bits per heavy atom. The molecular formula is C29H21NO4. The van der Waals surface area contributed by atoms with Crippen molar-refractivity contribution in [3.05, 3.63) is 108 Å². The molecule has 166 valence electrons. The number of carbonyl (C=O) groups excluding carboxylic acids is 2. The molecule has 0 aliphatic heterocycles. The van der Waals surface area contributed by atoms with Gasteiger partial charge in [-0.3, -0.25) is 4.79 Å². The van der Waals surface area contributed by atoms with Gasteiger partial charge in [0.2, 0.25) is 0 Å². The molecule has 0 radical (unpaired) electrons. The van der Waals surface area contributed by atoms with Gasteiger partial charge in [0.1, 0.15) is 5.75 Å². The van der Waals surface area contributed by atoms with E-state index in [0.717, 1.165) is 22.1 Å². The van der Waals surface area contributed by atoms with Crippen molar-refractivity contribution in [2.45, 2.75) is 0 Å². The van der Waals surface area contributed by atoms with E-state index in [0.29, 0.717) is 27.7 Å². The minimum absolute atomic E-state index is 0.257. The van der Waals surface area contributed by atoms with Crippen molar-refractivity contribution in [2.75, 3.05) is 13.7 Å². The number of pyridine rings is 1. The first kappa shape index (κ1) is 21.3. The number of hydrogen-bond acceptors (Lipinski definition) is 5. The minimum Gasteiger partial charge on any atom is -0.497 e. The van der Waals surface area contributed by atoms with Crippen molar-refractivity contribution in [1.82, 2.24) is 4.98 Å². The van der Waals surface area contributed by atoms with Gasteiger partial charge in [-0.2, -0.15) is 0 Å². The second-order valence-corrected chi connectivity index (χ2v) is 7.86. The maximum absolute atomic E-state index is 13.1. The standard InChI is InChI=1S/C29H21NO4/c1-33-23-14-12-20(13-15-23)27-17-25(24-8-4-5-9-26(24)30-27)29(32)34-18-28(31)22-11-10-19-6-2-3-7-21(19)16-22/h2-17H,18H2,1H3. The zero-order chi connectivity index (χ0) is 23.5. The molecule has 0 N–H and O–H groups in total. The molecule has 5 nitrogen and oxygen atoms in total. The Labute approximate surface area is 196 Å². The number of aromatic nitrogens is 1. The highest BCUT2D eigenvalue weighted by Gasteiger charge is 2.17. The zero-order valence-electron chi connectivity index (χ0n) is 18.5. The van der Waals surface area contributed by atoms with Crippen LogP contribution in [0.1, 0.15) is 20.7 Å². The SMILES string of the molecule is COc1ccc(-c2cc(C(=O)OCC(=O)c3ccc4ccccc4c3)c3ccccc3n2)cc1. The van der Waals surface area contributed by atoms with E-state index in [9.17, 15) is 9.59 Å². The molecule has 0 spiro atoms. The van der Waals surface area contributed by atoms with Crippen LogP contribution in [0.5, 0.6) is 5.75 Å².